The van der Waals surface area contributed by atoms with Crippen LogP contribution in [0.4, 0.5) is 9.59 Å². The zero-order chi connectivity index (χ0) is 39.0. The molecule has 3 aromatic rings. The van der Waals surface area contributed by atoms with Crippen molar-refractivity contribution in [3.8, 4) is 11.1 Å². The fourth-order valence-corrected chi connectivity index (χ4v) is 4.93. The summed E-state index contributed by atoms with van der Waals surface area (Å²) in [6, 6.07) is 15.7. The second kappa shape index (κ2) is 17.3. The summed E-state index contributed by atoms with van der Waals surface area (Å²) in [7, 11) is 0. The van der Waals surface area contributed by atoms with Gasteiger partial charge < -0.3 is 29.6 Å². The lowest BCUT2D eigenvalue weighted by Crippen LogP contribution is -2.47. The molecule has 12 nitrogen and oxygen atoms in total. The molecule has 0 bridgehead atoms. The highest BCUT2D eigenvalue weighted by molar-refractivity contribution is 6.02. The predicted octanol–water partition coefficient (Wildman–Crippen LogP) is 7.06. The predicted molar refractivity (Wildman–Crippen MR) is 196 cm³/mol. The van der Waals surface area contributed by atoms with Crippen LogP contribution in [0.2, 0.25) is 0 Å². The Bertz CT molecular complexity index is 1780. The smallest absolute Gasteiger partial charge is 0.408 e. The first kappa shape index (κ1) is 41.2. The Kier molecular flexibility index (Phi) is 13.7. The van der Waals surface area contributed by atoms with E-state index in [1.807, 2.05) is 18.2 Å². The number of esters is 2. The summed E-state index contributed by atoms with van der Waals surface area (Å²) in [4.78, 5) is 75.6. The first-order valence-electron chi connectivity index (χ1n) is 17.2. The summed E-state index contributed by atoms with van der Waals surface area (Å²) in [5.74, 6) is -2.87. The van der Waals surface area contributed by atoms with Crippen molar-refractivity contribution in [1.29, 1.82) is 0 Å². The highest BCUT2D eigenvalue weighted by Gasteiger charge is 2.30. The van der Waals surface area contributed by atoms with E-state index in [4.69, 9.17) is 18.9 Å². The maximum atomic E-state index is 12.9. The highest BCUT2D eigenvalue weighted by Crippen LogP contribution is 2.26. The van der Waals surface area contributed by atoms with E-state index in [9.17, 15) is 28.8 Å². The second-order valence-electron chi connectivity index (χ2n) is 15.2. The van der Waals surface area contributed by atoms with Crippen molar-refractivity contribution in [2.24, 2.45) is 11.8 Å². The van der Waals surface area contributed by atoms with E-state index >= 15 is 0 Å². The summed E-state index contributed by atoms with van der Waals surface area (Å²) in [5, 5.41) is 6.69. The molecule has 0 spiro atoms. The number of rotatable bonds is 13. The van der Waals surface area contributed by atoms with E-state index in [1.54, 1.807) is 112 Å². The van der Waals surface area contributed by atoms with E-state index in [-0.39, 0.29) is 11.8 Å². The van der Waals surface area contributed by atoms with Gasteiger partial charge in [0.1, 0.15) is 23.3 Å². The molecule has 2 atom stereocenters. The van der Waals surface area contributed by atoms with Crippen molar-refractivity contribution in [3.63, 3.8) is 0 Å². The van der Waals surface area contributed by atoms with Gasteiger partial charge in [-0.15, -0.1) is 0 Å². The third kappa shape index (κ3) is 12.5. The van der Waals surface area contributed by atoms with Crippen molar-refractivity contribution in [1.82, 2.24) is 10.6 Å². The molecular weight excluding hydrogens is 668 g/mol. The molecule has 0 aromatic heterocycles. The van der Waals surface area contributed by atoms with Crippen LogP contribution in [-0.4, -0.2) is 72.2 Å². The number of nitrogens with one attached hydrogen (secondary N) is 2. The van der Waals surface area contributed by atoms with Crippen LogP contribution in [0.25, 0.3) is 21.9 Å². The minimum Gasteiger partial charge on any atom is -0.456 e. The third-order valence-corrected chi connectivity index (χ3v) is 7.58. The van der Waals surface area contributed by atoms with Crippen LogP contribution >= 0.6 is 0 Å². The van der Waals surface area contributed by atoms with Crippen molar-refractivity contribution in [2.45, 2.75) is 92.5 Å². The maximum Gasteiger partial charge on any atom is 0.408 e. The molecule has 280 valence electrons. The van der Waals surface area contributed by atoms with Crippen molar-refractivity contribution >= 4 is 46.5 Å². The molecule has 0 aliphatic rings. The maximum absolute atomic E-state index is 12.9. The third-order valence-electron chi connectivity index (χ3n) is 7.58. The Balaban J connectivity index is 1.60. The molecule has 0 aliphatic heterocycles. The van der Waals surface area contributed by atoms with Gasteiger partial charge in [-0.3, -0.25) is 9.59 Å². The molecule has 2 unspecified atom stereocenters. The number of alkyl carbamates (subject to hydrolysis) is 2. The fourth-order valence-electron chi connectivity index (χ4n) is 4.93. The van der Waals surface area contributed by atoms with E-state index in [1.165, 1.54) is 0 Å². The van der Waals surface area contributed by atoms with Crippen LogP contribution in [-0.2, 0) is 28.5 Å². The molecule has 3 aromatic carbocycles. The Hall–Kier alpha value is -5.26. The Labute approximate surface area is 304 Å². The number of ketones is 2. The summed E-state index contributed by atoms with van der Waals surface area (Å²) in [5.41, 5.74) is 0.940. The molecular formula is C40H50N2O10. The molecule has 52 heavy (non-hydrogen) atoms. The van der Waals surface area contributed by atoms with Crippen LogP contribution in [0, 0.1) is 11.8 Å². The van der Waals surface area contributed by atoms with Gasteiger partial charge in [0.2, 0.25) is 0 Å². The van der Waals surface area contributed by atoms with Gasteiger partial charge in [0.25, 0.3) is 0 Å². The van der Waals surface area contributed by atoms with Gasteiger partial charge in [-0.05, 0) is 87.4 Å². The normalized spacial score (nSPS) is 12.8. The van der Waals surface area contributed by atoms with Crippen molar-refractivity contribution in [3.05, 3.63) is 71.8 Å². The van der Waals surface area contributed by atoms with Gasteiger partial charge in [-0.25, -0.2) is 19.2 Å². The van der Waals surface area contributed by atoms with Crippen LogP contribution < -0.4 is 10.6 Å². The number of Topliss-reactive ketones (excluding diaryl/α,β-unsaturated/α-hetero) is 2. The number of carbonyl (C=O) groups excluding carboxylic acids is 6. The SMILES string of the molecule is CC(C)C(NC(=O)OC(C)(C)C)C(=O)OCC(=O)c1ccc(-c2ccc3cc(C(=O)COC(=O)C(NC(=O)OC(C)(C)C)C(C)C)ccc3c2)cc1. The second-order valence-corrected chi connectivity index (χ2v) is 15.2. The summed E-state index contributed by atoms with van der Waals surface area (Å²) >= 11 is 0. The molecule has 0 heterocycles. The molecule has 0 saturated heterocycles. The first-order valence-corrected chi connectivity index (χ1v) is 17.2. The number of carbonyl (C=O) groups is 6. The molecule has 0 saturated carbocycles. The quantitative estimate of drug-likeness (QED) is 0.106. The molecule has 12 heteroatoms. The standard InChI is InChI=1S/C40H50N2O10/c1-23(2)33(41-37(47)51-39(5,6)7)35(45)49-21-31(43)26-13-11-25(12-14-26)27-15-16-29-20-30(18-17-28(29)19-27)32(44)22-50-36(46)34(24(3)4)42-38(48)52-40(8,9)10/h11-20,23-24,33-34H,21-22H2,1-10H3,(H,41,47)(H,42,48). The summed E-state index contributed by atoms with van der Waals surface area (Å²) in [6.45, 7) is 16.3. The van der Waals surface area contributed by atoms with Gasteiger partial charge in [0.05, 0.1) is 0 Å². The van der Waals surface area contributed by atoms with E-state index < -0.39 is 72.2 Å². The molecule has 0 radical (unpaired) electrons. The van der Waals surface area contributed by atoms with Crippen LogP contribution in [0.1, 0.15) is 90.0 Å². The minimum atomic E-state index is -0.986. The van der Waals surface area contributed by atoms with Gasteiger partial charge in [-0.2, -0.15) is 0 Å². The number of benzene rings is 3. The summed E-state index contributed by atoms with van der Waals surface area (Å²) in [6.07, 6.45) is -1.50. The number of amides is 2. The van der Waals surface area contributed by atoms with E-state index in [0.29, 0.717) is 11.1 Å². The average Bonchev–Trinajstić information content (AvgIpc) is 3.04. The number of ether oxygens (including phenoxy) is 4. The fraction of sp³-hybridized carbons (Fsp3) is 0.450. The van der Waals surface area contributed by atoms with Crippen molar-refractivity contribution < 1.29 is 47.7 Å². The first-order chi connectivity index (χ1) is 24.1. The Morgan fingerprint density at radius 1 is 0.538 bits per heavy atom. The lowest BCUT2D eigenvalue weighted by Gasteiger charge is -2.24. The van der Waals surface area contributed by atoms with Crippen LogP contribution in [0.5, 0.6) is 0 Å². The number of hydrogen-bond donors (Lipinski definition) is 2. The van der Waals surface area contributed by atoms with Gasteiger partial charge >= 0.3 is 24.1 Å². The zero-order valence-corrected chi connectivity index (χ0v) is 31.6. The molecule has 3 rings (SSSR count). The lowest BCUT2D eigenvalue weighted by molar-refractivity contribution is -0.146. The Morgan fingerprint density at radius 3 is 1.37 bits per heavy atom. The van der Waals surface area contributed by atoms with Crippen molar-refractivity contribution in [2.75, 3.05) is 13.2 Å². The minimum absolute atomic E-state index is 0.299. The zero-order valence-electron chi connectivity index (χ0n) is 31.6. The van der Waals surface area contributed by atoms with E-state index in [2.05, 4.69) is 10.6 Å². The summed E-state index contributed by atoms with van der Waals surface area (Å²) < 4.78 is 21.0. The molecule has 2 N–H and O–H groups in total. The average molecular weight is 719 g/mol. The molecule has 2 amide bonds. The monoisotopic (exact) mass is 718 g/mol. The van der Waals surface area contributed by atoms with Crippen LogP contribution in [0.3, 0.4) is 0 Å². The highest BCUT2D eigenvalue weighted by atomic mass is 16.6. The lowest BCUT2D eigenvalue weighted by atomic mass is 9.98. The molecule has 0 fully saturated rings. The van der Waals surface area contributed by atoms with Gasteiger partial charge in [0, 0.05) is 11.1 Å². The Morgan fingerprint density at radius 2 is 0.923 bits per heavy atom. The van der Waals surface area contributed by atoms with E-state index in [0.717, 1.165) is 21.9 Å². The topological polar surface area (TPSA) is 163 Å². The van der Waals surface area contributed by atoms with Gasteiger partial charge in [-0.1, -0.05) is 76.2 Å². The van der Waals surface area contributed by atoms with Crippen LogP contribution in [0.15, 0.2) is 60.7 Å². The number of hydrogen-bond acceptors (Lipinski definition) is 10. The molecule has 0 aliphatic carbocycles. The largest absolute Gasteiger partial charge is 0.456 e. The number of fused-ring (bicyclic) bond motifs is 1. The van der Waals surface area contributed by atoms with Gasteiger partial charge in [0.15, 0.2) is 24.8 Å².